The van der Waals surface area contributed by atoms with E-state index in [0.717, 1.165) is 11.1 Å². The van der Waals surface area contributed by atoms with Gasteiger partial charge in [-0.1, -0.05) is 18.2 Å². The van der Waals surface area contributed by atoms with Crippen LogP contribution >= 0.6 is 0 Å². The number of rotatable bonds is 7. The fourth-order valence-corrected chi connectivity index (χ4v) is 5.28. The molecule has 10 nitrogen and oxygen atoms in total. The summed E-state index contributed by atoms with van der Waals surface area (Å²) in [5.74, 6) is 0.986. The molecule has 1 N–H and O–H groups in total. The SMILES string of the molecule is CC(=O)N1CCN(c2ncc(-c3ccc4c(=O)n(C)n(Cc5c(CO)cccc5OC(C)F)c4c3)cn2)[C@H](C)C1. The fourth-order valence-electron chi connectivity index (χ4n) is 5.28. The van der Waals surface area contributed by atoms with Crippen molar-refractivity contribution in [1.82, 2.24) is 24.2 Å². The van der Waals surface area contributed by atoms with Gasteiger partial charge in [-0.2, -0.15) is 0 Å². The zero-order valence-electron chi connectivity index (χ0n) is 23.0. The molecular weight excluding hydrogens is 515 g/mol. The van der Waals surface area contributed by atoms with Gasteiger partial charge < -0.3 is 19.6 Å². The normalized spacial score (nSPS) is 16.4. The zero-order valence-corrected chi connectivity index (χ0v) is 23.0. The number of fused-ring (bicyclic) bond motifs is 1. The number of ether oxygens (including phenoxy) is 1. The van der Waals surface area contributed by atoms with Gasteiger partial charge in [0.05, 0.1) is 24.1 Å². The van der Waals surface area contributed by atoms with Gasteiger partial charge in [0.2, 0.25) is 18.2 Å². The van der Waals surface area contributed by atoms with Gasteiger partial charge in [-0.15, -0.1) is 0 Å². The standard InChI is InChI=1S/C29H33FN6O4/c1-18-15-34(20(3)38)10-11-35(18)29-31-13-23(14-32-29)21-8-9-24-26(12-21)36(33(4)28(24)39)16-25-22(17-37)6-5-7-27(25)40-19(2)30/h5-9,12-14,18-19,37H,10-11,15-17H2,1-4H3/t18-,19?/m1/s1. The van der Waals surface area contributed by atoms with Gasteiger partial charge in [-0.25, -0.2) is 14.4 Å². The zero-order chi connectivity index (χ0) is 28.6. The van der Waals surface area contributed by atoms with Crippen molar-refractivity contribution < 1.29 is 19.0 Å². The Kier molecular flexibility index (Phi) is 7.57. The third-order valence-corrected chi connectivity index (χ3v) is 7.46. The highest BCUT2D eigenvalue weighted by atomic mass is 19.1. The molecule has 5 rings (SSSR count). The lowest BCUT2D eigenvalue weighted by Gasteiger charge is -2.39. The monoisotopic (exact) mass is 548 g/mol. The average Bonchev–Trinajstić information content (AvgIpc) is 3.17. The van der Waals surface area contributed by atoms with Gasteiger partial charge in [0, 0.05) is 70.1 Å². The molecule has 1 aliphatic heterocycles. The molecule has 0 aliphatic carbocycles. The van der Waals surface area contributed by atoms with Gasteiger partial charge in [0.25, 0.3) is 5.56 Å². The first-order valence-corrected chi connectivity index (χ1v) is 13.2. The van der Waals surface area contributed by atoms with Crippen LogP contribution < -0.4 is 15.2 Å². The van der Waals surface area contributed by atoms with Crippen LogP contribution in [0, 0.1) is 0 Å². The van der Waals surface area contributed by atoms with E-state index in [1.165, 1.54) is 11.6 Å². The van der Waals surface area contributed by atoms with Crippen molar-refractivity contribution in [3.63, 3.8) is 0 Å². The highest BCUT2D eigenvalue weighted by Crippen LogP contribution is 2.28. The number of nitrogens with zero attached hydrogens (tertiary/aromatic N) is 6. The number of amides is 1. The first-order chi connectivity index (χ1) is 19.2. The summed E-state index contributed by atoms with van der Waals surface area (Å²) in [7, 11) is 1.67. The Morgan fingerprint density at radius 3 is 2.58 bits per heavy atom. The summed E-state index contributed by atoms with van der Waals surface area (Å²) in [6.07, 6.45) is 1.98. The van der Waals surface area contributed by atoms with Crippen LogP contribution in [0.25, 0.3) is 22.0 Å². The molecule has 2 aromatic heterocycles. The van der Waals surface area contributed by atoms with E-state index >= 15 is 0 Å². The van der Waals surface area contributed by atoms with E-state index in [-0.39, 0.29) is 30.7 Å². The van der Waals surface area contributed by atoms with Crippen molar-refractivity contribution in [2.24, 2.45) is 7.05 Å². The number of aliphatic hydroxyl groups excluding tert-OH is 1. The Balaban J connectivity index is 1.48. The number of anilines is 1. The highest BCUT2D eigenvalue weighted by Gasteiger charge is 2.27. The molecule has 3 heterocycles. The molecule has 40 heavy (non-hydrogen) atoms. The molecule has 4 aromatic rings. The minimum atomic E-state index is -1.53. The number of hydrogen-bond donors (Lipinski definition) is 1. The quantitative estimate of drug-likeness (QED) is 0.378. The molecule has 1 amide bonds. The molecule has 1 aliphatic rings. The number of aromatic nitrogens is 4. The maximum Gasteiger partial charge on any atom is 0.274 e. The Morgan fingerprint density at radius 1 is 1.18 bits per heavy atom. The van der Waals surface area contributed by atoms with Gasteiger partial charge in [0.1, 0.15) is 5.75 Å². The molecule has 210 valence electrons. The van der Waals surface area contributed by atoms with Crippen LogP contribution in [0.15, 0.2) is 53.6 Å². The number of aliphatic hydroxyl groups is 1. The van der Waals surface area contributed by atoms with Gasteiger partial charge >= 0.3 is 0 Å². The van der Waals surface area contributed by atoms with Crippen LogP contribution in [0.2, 0.25) is 0 Å². The van der Waals surface area contributed by atoms with Crippen LogP contribution in [0.1, 0.15) is 31.9 Å². The van der Waals surface area contributed by atoms with Crippen molar-refractivity contribution in [2.45, 2.75) is 46.3 Å². The van der Waals surface area contributed by atoms with Gasteiger partial charge in [-0.3, -0.25) is 19.0 Å². The second-order valence-electron chi connectivity index (χ2n) is 10.1. The number of piperazine rings is 1. The van der Waals surface area contributed by atoms with E-state index < -0.39 is 6.36 Å². The maximum absolute atomic E-state index is 13.8. The first kappa shape index (κ1) is 27.3. The molecule has 1 saturated heterocycles. The lowest BCUT2D eigenvalue weighted by Crippen LogP contribution is -2.53. The topological polar surface area (TPSA) is 106 Å². The van der Waals surface area contributed by atoms with Crippen molar-refractivity contribution >= 4 is 22.8 Å². The Bertz CT molecular complexity index is 1600. The number of halogens is 1. The Morgan fingerprint density at radius 2 is 1.93 bits per heavy atom. The smallest absolute Gasteiger partial charge is 0.274 e. The van der Waals surface area contributed by atoms with Crippen molar-refractivity contribution in [3.8, 4) is 16.9 Å². The lowest BCUT2D eigenvalue weighted by atomic mass is 10.1. The summed E-state index contributed by atoms with van der Waals surface area (Å²) in [5, 5.41) is 10.5. The van der Waals surface area contributed by atoms with Crippen LogP contribution in [-0.4, -0.2) is 67.3 Å². The number of carbonyl (C=O) groups excluding carboxylic acids is 1. The molecule has 2 atom stereocenters. The molecule has 0 bridgehead atoms. The number of alkyl halides is 1. The predicted octanol–water partition coefficient (Wildman–Crippen LogP) is 3.09. The number of carbonyl (C=O) groups is 1. The predicted molar refractivity (Wildman–Crippen MR) is 150 cm³/mol. The van der Waals surface area contributed by atoms with Crippen LogP contribution in [0.5, 0.6) is 5.75 Å². The van der Waals surface area contributed by atoms with Crippen LogP contribution in [0.3, 0.4) is 0 Å². The molecule has 0 saturated carbocycles. The minimum absolute atomic E-state index is 0.0677. The third kappa shape index (κ3) is 5.16. The molecule has 0 radical (unpaired) electrons. The molecular formula is C29H33FN6O4. The second-order valence-corrected chi connectivity index (χ2v) is 10.1. The average molecular weight is 549 g/mol. The third-order valence-electron chi connectivity index (χ3n) is 7.46. The van der Waals surface area contributed by atoms with E-state index in [2.05, 4.69) is 21.8 Å². The van der Waals surface area contributed by atoms with E-state index in [1.54, 1.807) is 55.3 Å². The largest absolute Gasteiger partial charge is 0.460 e. The Hall–Kier alpha value is -4.25. The van der Waals surface area contributed by atoms with Gasteiger partial charge in [-0.05, 0) is 36.2 Å². The van der Waals surface area contributed by atoms with Crippen LogP contribution in [-0.2, 0) is 25.0 Å². The summed E-state index contributed by atoms with van der Waals surface area (Å²) >= 11 is 0. The van der Waals surface area contributed by atoms with E-state index in [9.17, 15) is 19.1 Å². The number of hydrogen-bond acceptors (Lipinski definition) is 7. The Labute approximate surface area is 231 Å². The van der Waals surface area contributed by atoms with E-state index in [1.807, 2.05) is 17.0 Å². The molecule has 11 heteroatoms. The summed E-state index contributed by atoms with van der Waals surface area (Å²) in [4.78, 5) is 38.0. The summed E-state index contributed by atoms with van der Waals surface area (Å²) in [6, 6.07) is 10.7. The van der Waals surface area contributed by atoms with Crippen molar-refractivity contribution in [1.29, 1.82) is 0 Å². The second kappa shape index (κ2) is 11.1. The highest BCUT2D eigenvalue weighted by molar-refractivity contribution is 5.84. The van der Waals surface area contributed by atoms with Crippen molar-refractivity contribution in [3.05, 3.63) is 70.3 Å². The maximum atomic E-state index is 13.8. The van der Waals surface area contributed by atoms with Crippen LogP contribution in [0.4, 0.5) is 10.3 Å². The summed E-state index contributed by atoms with van der Waals surface area (Å²) in [6.45, 7) is 6.78. The molecule has 1 unspecified atom stereocenters. The molecule has 1 fully saturated rings. The number of benzene rings is 2. The van der Waals surface area contributed by atoms with E-state index in [4.69, 9.17) is 4.74 Å². The summed E-state index contributed by atoms with van der Waals surface area (Å²) < 4.78 is 22.4. The van der Waals surface area contributed by atoms with Crippen molar-refractivity contribution in [2.75, 3.05) is 24.5 Å². The summed E-state index contributed by atoms with van der Waals surface area (Å²) in [5.41, 5.74) is 3.31. The van der Waals surface area contributed by atoms with E-state index in [0.29, 0.717) is 53.4 Å². The molecule has 2 aromatic carbocycles. The molecule has 0 spiro atoms. The van der Waals surface area contributed by atoms with Gasteiger partial charge in [0.15, 0.2) is 0 Å². The lowest BCUT2D eigenvalue weighted by molar-refractivity contribution is -0.129. The minimum Gasteiger partial charge on any atom is -0.460 e. The first-order valence-electron chi connectivity index (χ1n) is 13.2. The fraction of sp³-hybridized carbons (Fsp3) is 0.379.